The first-order valence-electron chi connectivity index (χ1n) is 29.2. The maximum absolute atomic E-state index is 12.8. The van der Waals surface area contributed by atoms with Gasteiger partial charge in [0.05, 0.1) is 0 Å². The van der Waals surface area contributed by atoms with Gasteiger partial charge in [-0.05, 0) is 31.1 Å². The van der Waals surface area contributed by atoms with E-state index in [4.69, 9.17) is 14.2 Å². The standard InChI is InChI=1S/C59H114O6/c1-6-7-8-9-10-11-12-13-18-22-25-28-34-39-44-49-57(60)63-52-56(65-59(62)51-46-41-36-31-30-33-38-43-48-55(4)5)53-64-58(61)50-45-40-35-29-26-23-20-17-15-14-16-19-21-24-27-32-37-42-47-54(2)3/h54-56H,6-53H2,1-5H3/t56-/m1/s1. The van der Waals surface area contributed by atoms with Crippen molar-refractivity contribution in [2.45, 2.75) is 336 Å². The fourth-order valence-corrected chi connectivity index (χ4v) is 9.05. The lowest BCUT2D eigenvalue weighted by Gasteiger charge is -2.18. The Morgan fingerprint density at radius 3 is 0.754 bits per heavy atom. The Morgan fingerprint density at radius 2 is 0.508 bits per heavy atom. The maximum Gasteiger partial charge on any atom is 0.306 e. The molecule has 0 heterocycles. The summed E-state index contributed by atoms with van der Waals surface area (Å²) in [7, 11) is 0. The van der Waals surface area contributed by atoms with Gasteiger partial charge >= 0.3 is 17.9 Å². The van der Waals surface area contributed by atoms with Crippen molar-refractivity contribution in [3.8, 4) is 0 Å². The van der Waals surface area contributed by atoms with Crippen LogP contribution in [0.15, 0.2) is 0 Å². The smallest absolute Gasteiger partial charge is 0.306 e. The van der Waals surface area contributed by atoms with Gasteiger partial charge in [-0.15, -0.1) is 0 Å². The molecular weight excluding hydrogens is 805 g/mol. The van der Waals surface area contributed by atoms with Crippen LogP contribution in [0.3, 0.4) is 0 Å². The predicted molar refractivity (Wildman–Crippen MR) is 280 cm³/mol. The second-order valence-corrected chi connectivity index (χ2v) is 21.2. The van der Waals surface area contributed by atoms with E-state index in [-0.39, 0.29) is 31.1 Å². The Labute approximate surface area is 406 Å². The summed E-state index contributed by atoms with van der Waals surface area (Å²) < 4.78 is 16.9. The van der Waals surface area contributed by atoms with Crippen LogP contribution in [0.5, 0.6) is 0 Å². The Bertz CT molecular complexity index is 993. The molecule has 0 spiro atoms. The van der Waals surface area contributed by atoms with E-state index in [1.54, 1.807) is 0 Å². The topological polar surface area (TPSA) is 78.9 Å². The number of carbonyl (C=O) groups is 3. The minimum absolute atomic E-state index is 0.0632. The molecule has 0 amide bonds. The third-order valence-corrected chi connectivity index (χ3v) is 13.5. The van der Waals surface area contributed by atoms with Crippen molar-refractivity contribution in [2.75, 3.05) is 13.2 Å². The number of esters is 3. The second kappa shape index (κ2) is 51.8. The van der Waals surface area contributed by atoms with E-state index in [1.165, 1.54) is 218 Å². The molecule has 6 heteroatoms. The van der Waals surface area contributed by atoms with E-state index in [1.807, 2.05) is 0 Å². The van der Waals surface area contributed by atoms with E-state index in [0.29, 0.717) is 19.3 Å². The van der Waals surface area contributed by atoms with Crippen LogP contribution in [0.2, 0.25) is 0 Å². The minimum Gasteiger partial charge on any atom is -0.462 e. The van der Waals surface area contributed by atoms with Gasteiger partial charge in [-0.1, -0.05) is 291 Å². The predicted octanol–water partition coefficient (Wildman–Crippen LogP) is 19.3. The molecular formula is C59H114O6. The third kappa shape index (κ3) is 53.2. The molecule has 0 aliphatic heterocycles. The van der Waals surface area contributed by atoms with Crippen LogP contribution >= 0.6 is 0 Å². The van der Waals surface area contributed by atoms with Gasteiger partial charge in [-0.3, -0.25) is 14.4 Å². The van der Waals surface area contributed by atoms with Gasteiger partial charge in [0.25, 0.3) is 0 Å². The van der Waals surface area contributed by atoms with Crippen LogP contribution in [0, 0.1) is 11.8 Å². The summed E-state index contributed by atoms with van der Waals surface area (Å²) in [6.07, 6.45) is 55.3. The average Bonchev–Trinajstić information content (AvgIpc) is 3.28. The molecule has 0 saturated heterocycles. The number of unbranched alkanes of at least 4 members (excludes halogenated alkanes) is 38. The van der Waals surface area contributed by atoms with Crippen molar-refractivity contribution < 1.29 is 28.6 Å². The summed E-state index contributed by atoms with van der Waals surface area (Å²) >= 11 is 0. The number of hydrogen-bond donors (Lipinski definition) is 0. The van der Waals surface area contributed by atoms with Crippen molar-refractivity contribution in [1.82, 2.24) is 0 Å². The lowest BCUT2D eigenvalue weighted by Crippen LogP contribution is -2.30. The van der Waals surface area contributed by atoms with Crippen molar-refractivity contribution in [3.05, 3.63) is 0 Å². The zero-order valence-corrected chi connectivity index (χ0v) is 44.6. The van der Waals surface area contributed by atoms with Crippen LogP contribution in [0.4, 0.5) is 0 Å². The van der Waals surface area contributed by atoms with Crippen molar-refractivity contribution in [1.29, 1.82) is 0 Å². The fraction of sp³-hybridized carbons (Fsp3) is 0.949. The monoisotopic (exact) mass is 919 g/mol. The molecule has 0 radical (unpaired) electrons. The quantitative estimate of drug-likeness (QED) is 0.0344. The maximum atomic E-state index is 12.8. The molecule has 0 aromatic rings. The van der Waals surface area contributed by atoms with E-state index in [9.17, 15) is 14.4 Å². The normalized spacial score (nSPS) is 12.0. The van der Waals surface area contributed by atoms with Gasteiger partial charge in [0.2, 0.25) is 0 Å². The summed E-state index contributed by atoms with van der Waals surface area (Å²) in [6.45, 7) is 11.4. The molecule has 0 bridgehead atoms. The Hall–Kier alpha value is -1.59. The summed E-state index contributed by atoms with van der Waals surface area (Å²) in [5.41, 5.74) is 0. The zero-order valence-electron chi connectivity index (χ0n) is 44.6. The van der Waals surface area contributed by atoms with Crippen LogP contribution < -0.4 is 0 Å². The molecule has 0 aromatic heterocycles. The number of hydrogen-bond acceptors (Lipinski definition) is 6. The Kier molecular flexibility index (Phi) is 50.5. The number of ether oxygens (including phenoxy) is 3. The van der Waals surface area contributed by atoms with E-state index < -0.39 is 6.10 Å². The molecule has 65 heavy (non-hydrogen) atoms. The summed E-state index contributed by atoms with van der Waals surface area (Å²) in [5, 5.41) is 0. The van der Waals surface area contributed by atoms with Crippen LogP contribution in [0.1, 0.15) is 330 Å². The van der Waals surface area contributed by atoms with Gasteiger partial charge in [0.15, 0.2) is 6.10 Å². The summed E-state index contributed by atoms with van der Waals surface area (Å²) in [4.78, 5) is 38.1. The van der Waals surface area contributed by atoms with Crippen molar-refractivity contribution in [3.63, 3.8) is 0 Å². The van der Waals surface area contributed by atoms with Crippen LogP contribution in [-0.4, -0.2) is 37.2 Å². The lowest BCUT2D eigenvalue weighted by atomic mass is 10.0. The van der Waals surface area contributed by atoms with Gasteiger partial charge in [-0.2, -0.15) is 0 Å². The Morgan fingerprint density at radius 1 is 0.292 bits per heavy atom. The zero-order chi connectivity index (χ0) is 47.5. The van der Waals surface area contributed by atoms with E-state index in [0.717, 1.165) is 69.6 Å². The first-order valence-corrected chi connectivity index (χ1v) is 29.2. The van der Waals surface area contributed by atoms with E-state index in [2.05, 4.69) is 34.6 Å². The largest absolute Gasteiger partial charge is 0.462 e. The highest BCUT2D eigenvalue weighted by molar-refractivity contribution is 5.71. The van der Waals surface area contributed by atoms with Crippen LogP contribution in [0.25, 0.3) is 0 Å². The molecule has 0 aromatic carbocycles. The molecule has 0 aliphatic carbocycles. The van der Waals surface area contributed by atoms with Crippen molar-refractivity contribution in [2.24, 2.45) is 11.8 Å². The van der Waals surface area contributed by atoms with Gasteiger partial charge in [0, 0.05) is 19.3 Å². The highest BCUT2D eigenvalue weighted by Gasteiger charge is 2.19. The summed E-state index contributed by atoms with van der Waals surface area (Å²) in [5.74, 6) is 0.811. The fourth-order valence-electron chi connectivity index (χ4n) is 9.05. The second-order valence-electron chi connectivity index (χ2n) is 21.2. The highest BCUT2D eigenvalue weighted by atomic mass is 16.6. The SMILES string of the molecule is CCCCCCCCCCCCCCCCCC(=O)OC[C@H](COC(=O)CCCCCCCCCCCCCCCCCCCCC(C)C)OC(=O)CCCCCCCCCCC(C)C. The molecule has 0 fully saturated rings. The molecule has 6 nitrogen and oxygen atoms in total. The molecule has 1 atom stereocenters. The van der Waals surface area contributed by atoms with Gasteiger partial charge in [-0.25, -0.2) is 0 Å². The van der Waals surface area contributed by atoms with Crippen LogP contribution in [-0.2, 0) is 28.6 Å². The first-order chi connectivity index (χ1) is 31.7. The number of carbonyl (C=O) groups excluding carboxylic acids is 3. The van der Waals surface area contributed by atoms with E-state index >= 15 is 0 Å². The minimum atomic E-state index is -0.763. The molecule has 0 N–H and O–H groups in total. The summed E-state index contributed by atoms with van der Waals surface area (Å²) in [6, 6.07) is 0. The number of rotatable bonds is 53. The third-order valence-electron chi connectivity index (χ3n) is 13.5. The molecule has 0 aliphatic rings. The van der Waals surface area contributed by atoms with Crippen molar-refractivity contribution >= 4 is 17.9 Å². The Balaban J connectivity index is 4.21. The van der Waals surface area contributed by atoms with Gasteiger partial charge < -0.3 is 14.2 Å². The lowest BCUT2D eigenvalue weighted by molar-refractivity contribution is -0.167. The first kappa shape index (κ1) is 63.4. The molecule has 0 rings (SSSR count). The highest BCUT2D eigenvalue weighted by Crippen LogP contribution is 2.18. The van der Waals surface area contributed by atoms with Gasteiger partial charge in [0.1, 0.15) is 13.2 Å². The molecule has 386 valence electrons. The molecule has 0 unspecified atom stereocenters. The molecule has 0 saturated carbocycles. The average molecular weight is 920 g/mol.